The van der Waals surface area contributed by atoms with Crippen LogP contribution in [-0.4, -0.2) is 22.4 Å². The van der Waals surface area contributed by atoms with E-state index in [0.29, 0.717) is 12.6 Å². The van der Waals surface area contributed by atoms with Crippen LogP contribution in [0.3, 0.4) is 0 Å². The van der Waals surface area contributed by atoms with Crippen molar-refractivity contribution in [3.63, 3.8) is 0 Å². The molecule has 1 aromatic heterocycles. The normalized spacial score (nSPS) is 27.0. The first-order valence-corrected chi connectivity index (χ1v) is 5.32. The average Bonchev–Trinajstić information content (AvgIpc) is 2.67. The highest BCUT2D eigenvalue weighted by atomic mass is 19.4. The zero-order valence-corrected chi connectivity index (χ0v) is 8.96. The Morgan fingerprint density at radius 2 is 2.19 bits per heavy atom. The van der Waals surface area contributed by atoms with Gasteiger partial charge in [-0.3, -0.25) is 4.68 Å². The van der Waals surface area contributed by atoms with Crippen LogP contribution < -0.4 is 5.32 Å². The lowest BCUT2D eigenvalue weighted by Crippen LogP contribution is -2.38. The van der Waals surface area contributed by atoms with Gasteiger partial charge in [0.1, 0.15) is 0 Å². The minimum absolute atomic E-state index is 0.0345. The standard InChI is InChI=1S/C10H14F3N3/c1-7-2-3-8(6-14-7)16-5-4-9(15-16)10(11,12)13/h4-5,7-8,14H,2-3,6H2,1H3. The molecular weight excluding hydrogens is 219 g/mol. The quantitative estimate of drug-likeness (QED) is 0.806. The maximum Gasteiger partial charge on any atom is 0.435 e. The molecule has 2 unspecified atom stereocenters. The molecule has 0 bridgehead atoms. The number of hydrogen-bond acceptors (Lipinski definition) is 2. The summed E-state index contributed by atoms with van der Waals surface area (Å²) in [5, 5.41) is 6.82. The summed E-state index contributed by atoms with van der Waals surface area (Å²) in [6.45, 7) is 2.75. The number of piperidine rings is 1. The maximum atomic E-state index is 12.3. The van der Waals surface area contributed by atoms with E-state index in [-0.39, 0.29) is 6.04 Å². The van der Waals surface area contributed by atoms with Gasteiger partial charge in [0.25, 0.3) is 0 Å². The van der Waals surface area contributed by atoms with Gasteiger partial charge in [-0.2, -0.15) is 18.3 Å². The van der Waals surface area contributed by atoms with Gasteiger partial charge >= 0.3 is 6.18 Å². The lowest BCUT2D eigenvalue weighted by atomic mass is 10.0. The Balaban J connectivity index is 2.08. The molecule has 0 aromatic carbocycles. The van der Waals surface area contributed by atoms with Gasteiger partial charge in [0, 0.05) is 18.8 Å². The second-order valence-corrected chi connectivity index (χ2v) is 4.22. The minimum atomic E-state index is -4.35. The Morgan fingerprint density at radius 3 is 2.69 bits per heavy atom. The molecule has 90 valence electrons. The second-order valence-electron chi connectivity index (χ2n) is 4.22. The average molecular weight is 233 g/mol. The van der Waals surface area contributed by atoms with E-state index in [0.717, 1.165) is 18.9 Å². The number of nitrogens with zero attached hydrogens (tertiary/aromatic N) is 2. The molecule has 1 N–H and O–H groups in total. The summed E-state index contributed by atoms with van der Waals surface area (Å²) in [5.74, 6) is 0. The van der Waals surface area contributed by atoms with Gasteiger partial charge in [-0.25, -0.2) is 0 Å². The molecule has 2 rings (SSSR count). The van der Waals surface area contributed by atoms with Crippen LogP contribution in [0.4, 0.5) is 13.2 Å². The van der Waals surface area contributed by atoms with Crippen LogP contribution in [0.15, 0.2) is 12.3 Å². The Kier molecular flexibility index (Phi) is 2.92. The zero-order chi connectivity index (χ0) is 11.8. The fraction of sp³-hybridized carbons (Fsp3) is 0.700. The van der Waals surface area contributed by atoms with Crippen molar-refractivity contribution in [2.24, 2.45) is 0 Å². The van der Waals surface area contributed by atoms with Crippen molar-refractivity contribution in [3.05, 3.63) is 18.0 Å². The van der Waals surface area contributed by atoms with Crippen molar-refractivity contribution in [2.75, 3.05) is 6.54 Å². The van der Waals surface area contributed by atoms with Crippen molar-refractivity contribution in [2.45, 2.75) is 38.0 Å². The highest BCUT2D eigenvalue weighted by Gasteiger charge is 2.34. The topological polar surface area (TPSA) is 29.9 Å². The van der Waals surface area contributed by atoms with E-state index in [1.807, 2.05) is 0 Å². The third kappa shape index (κ3) is 2.37. The molecule has 2 heterocycles. The van der Waals surface area contributed by atoms with E-state index in [2.05, 4.69) is 17.3 Å². The molecule has 0 radical (unpaired) electrons. The molecule has 1 aliphatic rings. The highest BCUT2D eigenvalue weighted by Crippen LogP contribution is 2.28. The number of alkyl halides is 3. The van der Waals surface area contributed by atoms with Crippen LogP contribution in [0.25, 0.3) is 0 Å². The summed E-state index contributed by atoms with van der Waals surface area (Å²) < 4.78 is 38.4. The Bertz CT molecular complexity index is 350. The monoisotopic (exact) mass is 233 g/mol. The molecule has 0 amide bonds. The molecule has 0 spiro atoms. The summed E-state index contributed by atoms with van der Waals surface area (Å²) in [6, 6.07) is 1.50. The lowest BCUT2D eigenvalue weighted by Gasteiger charge is -2.27. The summed E-state index contributed by atoms with van der Waals surface area (Å²) in [6.07, 6.45) is -1.11. The van der Waals surface area contributed by atoms with Crippen molar-refractivity contribution in [3.8, 4) is 0 Å². The largest absolute Gasteiger partial charge is 0.435 e. The number of nitrogens with one attached hydrogen (secondary N) is 1. The predicted octanol–water partition coefficient (Wildman–Crippen LogP) is 2.21. The molecule has 2 atom stereocenters. The molecule has 1 aromatic rings. The van der Waals surface area contributed by atoms with Crippen molar-refractivity contribution in [1.82, 2.24) is 15.1 Å². The highest BCUT2D eigenvalue weighted by molar-refractivity contribution is 5.04. The number of aromatic nitrogens is 2. The lowest BCUT2D eigenvalue weighted by molar-refractivity contribution is -0.141. The first-order valence-electron chi connectivity index (χ1n) is 5.32. The molecule has 6 heteroatoms. The van der Waals surface area contributed by atoms with Gasteiger partial charge in [0.15, 0.2) is 5.69 Å². The first kappa shape index (κ1) is 11.4. The molecule has 0 aliphatic carbocycles. The van der Waals surface area contributed by atoms with Crippen LogP contribution in [0.5, 0.6) is 0 Å². The van der Waals surface area contributed by atoms with E-state index in [9.17, 15) is 13.2 Å². The molecule has 3 nitrogen and oxygen atoms in total. The maximum absolute atomic E-state index is 12.3. The van der Waals surface area contributed by atoms with Crippen molar-refractivity contribution >= 4 is 0 Å². The van der Waals surface area contributed by atoms with Crippen LogP contribution in [0.2, 0.25) is 0 Å². The third-order valence-corrected chi connectivity index (χ3v) is 2.91. The predicted molar refractivity (Wildman–Crippen MR) is 53.0 cm³/mol. The van der Waals surface area contributed by atoms with Gasteiger partial charge in [-0.1, -0.05) is 0 Å². The molecular formula is C10H14F3N3. The van der Waals surface area contributed by atoms with Crippen molar-refractivity contribution in [1.29, 1.82) is 0 Å². The van der Waals surface area contributed by atoms with E-state index >= 15 is 0 Å². The van der Waals surface area contributed by atoms with Gasteiger partial charge in [-0.15, -0.1) is 0 Å². The third-order valence-electron chi connectivity index (χ3n) is 2.91. The fourth-order valence-corrected chi connectivity index (χ4v) is 1.90. The minimum Gasteiger partial charge on any atom is -0.312 e. The SMILES string of the molecule is CC1CCC(n2ccc(C(F)(F)F)n2)CN1. The first-order chi connectivity index (χ1) is 7.47. The number of halogens is 3. The Hall–Kier alpha value is -1.04. The van der Waals surface area contributed by atoms with Crippen LogP contribution >= 0.6 is 0 Å². The van der Waals surface area contributed by atoms with Crippen LogP contribution in [0, 0.1) is 0 Å². The summed E-state index contributed by atoms with van der Waals surface area (Å²) in [7, 11) is 0. The summed E-state index contributed by atoms with van der Waals surface area (Å²) in [4.78, 5) is 0. The molecule has 1 aliphatic heterocycles. The van der Waals surface area contributed by atoms with Crippen molar-refractivity contribution < 1.29 is 13.2 Å². The van der Waals surface area contributed by atoms with Gasteiger partial charge in [-0.05, 0) is 25.8 Å². The van der Waals surface area contributed by atoms with Gasteiger partial charge < -0.3 is 5.32 Å². The number of hydrogen-bond donors (Lipinski definition) is 1. The molecule has 0 saturated carbocycles. The molecule has 16 heavy (non-hydrogen) atoms. The molecule has 1 saturated heterocycles. The zero-order valence-electron chi connectivity index (χ0n) is 8.96. The van der Waals surface area contributed by atoms with Gasteiger partial charge in [0.05, 0.1) is 6.04 Å². The van der Waals surface area contributed by atoms with E-state index in [1.54, 1.807) is 0 Å². The Labute approximate surface area is 91.6 Å². The van der Waals surface area contributed by atoms with Crippen LogP contribution in [-0.2, 0) is 6.18 Å². The van der Waals surface area contributed by atoms with E-state index in [1.165, 1.54) is 10.9 Å². The smallest absolute Gasteiger partial charge is 0.312 e. The summed E-state index contributed by atoms with van der Waals surface area (Å²) >= 11 is 0. The fourth-order valence-electron chi connectivity index (χ4n) is 1.90. The van der Waals surface area contributed by atoms with Crippen LogP contribution in [0.1, 0.15) is 31.5 Å². The number of rotatable bonds is 1. The second kappa shape index (κ2) is 4.08. The molecule has 1 fully saturated rings. The Morgan fingerprint density at radius 1 is 1.44 bits per heavy atom. The van der Waals surface area contributed by atoms with Gasteiger partial charge in [0.2, 0.25) is 0 Å². The summed E-state index contributed by atoms with van der Waals surface area (Å²) in [5.41, 5.74) is -0.814. The van der Waals surface area contributed by atoms with E-state index in [4.69, 9.17) is 0 Å². The van der Waals surface area contributed by atoms with E-state index < -0.39 is 11.9 Å².